The minimum Gasteiger partial charge on any atom is -0.307 e. The Labute approximate surface area is 210 Å². The van der Waals surface area contributed by atoms with Crippen LogP contribution in [-0.4, -0.2) is 11.7 Å². The number of anilines is 1. The van der Waals surface area contributed by atoms with Gasteiger partial charge in [0.15, 0.2) is 5.78 Å². The van der Waals surface area contributed by atoms with E-state index in [1.165, 1.54) is 16.9 Å². The van der Waals surface area contributed by atoms with Crippen molar-refractivity contribution >= 4 is 28.0 Å². The Hall–Kier alpha value is -3.17. The molecule has 0 saturated heterocycles. The summed E-state index contributed by atoms with van der Waals surface area (Å²) in [6, 6.07) is 10.4. The maximum absolute atomic E-state index is 13.8. The molecule has 0 bridgehead atoms. The first kappa shape index (κ1) is 22.3. The number of aryl methyl sites for hydroxylation is 2. The van der Waals surface area contributed by atoms with Crippen LogP contribution >= 0.6 is 11.3 Å². The second-order valence-electron chi connectivity index (χ2n) is 11.0. The summed E-state index contributed by atoms with van der Waals surface area (Å²) in [5.41, 5.74) is 5.85. The van der Waals surface area contributed by atoms with Gasteiger partial charge in [0, 0.05) is 22.6 Å². The molecule has 0 unspecified atom stereocenters. The largest absolute Gasteiger partial charge is 0.307 e. The van der Waals surface area contributed by atoms with E-state index in [2.05, 4.69) is 30.1 Å². The predicted octanol–water partition coefficient (Wildman–Crippen LogP) is 6.05. The number of amides is 1. The van der Waals surface area contributed by atoms with Gasteiger partial charge in [0.25, 0.3) is 5.91 Å². The first-order chi connectivity index (χ1) is 16.8. The number of nitrogens with one attached hydrogen (secondary N) is 1. The molecule has 0 saturated carbocycles. The van der Waals surface area contributed by atoms with Gasteiger partial charge in [-0.2, -0.15) is 5.26 Å². The average Bonchev–Trinajstić information content (AvgIpc) is 3.01. The SMILES string of the molecule is Cc1ccccc1[C@@H]1C(C#N)=C2NC(=O)c3c(sc4c3CCCCC4)N2C2=C1C(=O)CC(C)(C)C2. The van der Waals surface area contributed by atoms with Gasteiger partial charge in [-0.3, -0.25) is 14.5 Å². The fraction of sp³-hybridized carbons (Fsp3) is 0.414. The lowest BCUT2D eigenvalue weighted by molar-refractivity contribution is -0.118. The van der Waals surface area contributed by atoms with Gasteiger partial charge in [-0.25, -0.2) is 0 Å². The van der Waals surface area contributed by atoms with Gasteiger partial charge in [-0.1, -0.05) is 44.5 Å². The van der Waals surface area contributed by atoms with Crippen molar-refractivity contribution < 1.29 is 9.59 Å². The van der Waals surface area contributed by atoms with Gasteiger partial charge in [0.05, 0.1) is 23.1 Å². The molecular weight excluding hydrogens is 454 g/mol. The number of nitriles is 1. The molecule has 1 aromatic carbocycles. The number of Topliss-reactive ketones (excluding diaryl/α,β-unsaturated/α-hetero) is 1. The van der Waals surface area contributed by atoms with Crippen LogP contribution in [0, 0.1) is 23.7 Å². The molecule has 178 valence electrons. The summed E-state index contributed by atoms with van der Waals surface area (Å²) in [5.74, 6) is 0.0600. The zero-order valence-corrected chi connectivity index (χ0v) is 21.3. The number of rotatable bonds is 1. The molecule has 2 aromatic rings. The van der Waals surface area contributed by atoms with Crippen molar-refractivity contribution in [3.8, 4) is 6.07 Å². The molecule has 35 heavy (non-hydrogen) atoms. The zero-order valence-electron chi connectivity index (χ0n) is 20.5. The minimum atomic E-state index is -0.467. The standard InChI is InChI=1S/C29H29N3O2S/c1-16-9-7-8-10-17(16)23-19(15-30)26-31-27(34)24-18-11-5-4-6-12-22(18)35-28(24)32(26)20-13-29(2,3)14-21(33)25(20)23/h7-10,23H,4-6,11-14H2,1-3H3,(H,31,34)/t23-/m1/s1. The van der Waals surface area contributed by atoms with Gasteiger partial charge in [-0.15, -0.1) is 11.3 Å². The lowest BCUT2D eigenvalue weighted by Crippen LogP contribution is -2.47. The molecule has 6 heteroatoms. The van der Waals surface area contributed by atoms with Crippen molar-refractivity contribution in [2.24, 2.45) is 5.41 Å². The number of ketones is 1. The van der Waals surface area contributed by atoms with Gasteiger partial charge < -0.3 is 5.32 Å². The third-order valence-corrected chi connectivity index (χ3v) is 9.18. The number of hydrogen-bond donors (Lipinski definition) is 1. The van der Waals surface area contributed by atoms with Crippen LogP contribution < -0.4 is 10.2 Å². The van der Waals surface area contributed by atoms with Crippen molar-refractivity contribution in [3.63, 3.8) is 0 Å². The number of carbonyl (C=O) groups is 2. The molecule has 0 spiro atoms. The zero-order chi connectivity index (χ0) is 24.5. The molecule has 1 amide bonds. The average molecular weight is 484 g/mol. The van der Waals surface area contributed by atoms with Crippen molar-refractivity contribution in [3.05, 3.63) is 74.1 Å². The van der Waals surface area contributed by atoms with Crippen LogP contribution in [0.2, 0.25) is 0 Å². The van der Waals surface area contributed by atoms with E-state index < -0.39 is 5.92 Å². The summed E-state index contributed by atoms with van der Waals surface area (Å²) in [5, 5.41) is 14.5. The summed E-state index contributed by atoms with van der Waals surface area (Å²) < 4.78 is 0. The molecule has 4 aliphatic rings. The first-order valence-electron chi connectivity index (χ1n) is 12.5. The molecule has 5 nitrogen and oxygen atoms in total. The molecule has 6 rings (SSSR count). The smallest absolute Gasteiger partial charge is 0.260 e. The van der Waals surface area contributed by atoms with E-state index in [4.69, 9.17) is 0 Å². The fourth-order valence-electron chi connectivity index (χ4n) is 6.34. The molecule has 1 atom stereocenters. The van der Waals surface area contributed by atoms with E-state index in [0.717, 1.165) is 65.1 Å². The normalized spacial score (nSPS) is 23.0. The van der Waals surface area contributed by atoms with E-state index in [1.807, 2.05) is 31.2 Å². The predicted molar refractivity (Wildman–Crippen MR) is 137 cm³/mol. The Balaban J connectivity index is 1.65. The lowest BCUT2D eigenvalue weighted by Gasteiger charge is -2.45. The molecule has 1 N–H and O–H groups in total. The number of hydrogen-bond acceptors (Lipinski definition) is 5. The second-order valence-corrected chi connectivity index (χ2v) is 12.1. The number of allylic oxidation sites excluding steroid dienone is 3. The highest BCUT2D eigenvalue weighted by molar-refractivity contribution is 7.17. The van der Waals surface area contributed by atoms with Crippen molar-refractivity contribution in [1.29, 1.82) is 5.26 Å². The Morgan fingerprint density at radius 2 is 1.89 bits per heavy atom. The van der Waals surface area contributed by atoms with E-state index in [0.29, 0.717) is 17.8 Å². The summed E-state index contributed by atoms with van der Waals surface area (Å²) >= 11 is 1.69. The van der Waals surface area contributed by atoms with Gasteiger partial charge in [0.1, 0.15) is 10.8 Å². The first-order valence-corrected chi connectivity index (χ1v) is 13.3. The van der Waals surface area contributed by atoms with E-state index in [9.17, 15) is 14.9 Å². The molecule has 3 heterocycles. The van der Waals surface area contributed by atoms with Crippen LogP contribution in [-0.2, 0) is 17.6 Å². The third kappa shape index (κ3) is 3.32. The summed E-state index contributed by atoms with van der Waals surface area (Å²) in [6.07, 6.45) is 6.47. The number of fused-ring (bicyclic) bond motifs is 6. The number of thiophene rings is 1. The molecule has 2 aliphatic heterocycles. The van der Waals surface area contributed by atoms with Crippen LogP contribution in [0.1, 0.15) is 83.8 Å². The second kappa shape index (κ2) is 7.93. The summed E-state index contributed by atoms with van der Waals surface area (Å²) in [6.45, 7) is 6.29. The van der Waals surface area contributed by atoms with Gasteiger partial charge in [0.2, 0.25) is 0 Å². The monoisotopic (exact) mass is 483 g/mol. The Bertz CT molecular complexity index is 1400. The summed E-state index contributed by atoms with van der Waals surface area (Å²) in [7, 11) is 0. The number of nitrogens with zero attached hydrogens (tertiary/aromatic N) is 2. The topological polar surface area (TPSA) is 73.2 Å². The number of benzene rings is 1. The molecule has 0 radical (unpaired) electrons. The lowest BCUT2D eigenvalue weighted by atomic mass is 9.68. The van der Waals surface area contributed by atoms with Gasteiger partial charge in [-0.05, 0) is 61.1 Å². The van der Waals surface area contributed by atoms with Gasteiger partial charge >= 0.3 is 0 Å². The van der Waals surface area contributed by atoms with Crippen LogP contribution in [0.15, 0.2) is 46.9 Å². The van der Waals surface area contributed by atoms with Crippen LogP contribution in [0.25, 0.3) is 0 Å². The molecular formula is C29H29N3O2S. The van der Waals surface area contributed by atoms with E-state index in [1.54, 1.807) is 11.3 Å². The van der Waals surface area contributed by atoms with Crippen molar-refractivity contribution in [1.82, 2.24) is 5.32 Å². The Kier molecular flexibility index (Phi) is 5.05. The van der Waals surface area contributed by atoms with Crippen molar-refractivity contribution in [2.75, 3.05) is 4.90 Å². The van der Waals surface area contributed by atoms with Crippen LogP contribution in [0.4, 0.5) is 5.00 Å². The van der Waals surface area contributed by atoms with Crippen molar-refractivity contribution in [2.45, 2.75) is 71.6 Å². The Morgan fingerprint density at radius 1 is 1.11 bits per heavy atom. The highest BCUT2D eigenvalue weighted by atomic mass is 32.1. The highest BCUT2D eigenvalue weighted by Gasteiger charge is 2.48. The minimum absolute atomic E-state index is 0.105. The third-order valence-electron chi connectivity index (χ3n) is 7.91. The summed E-state index contributed by atoms with van der Waals surface area (Å²) in [4.78, 5) is 30.7. The molecule has 2 aliphatic carbocycles. The van der Waals surface area contributed by atoms with Crippen LogP contribution in [0.3, 0.4) is 0 Å². The van der Waals surface area contributed by atoms with E-state index >= 15 is 0 Å². The number of carbonyl (C=O) groups excluding carboxylic acids is 2. The maximum Gasteiger partial charge on any atom is 0.260 e. The maximum atomic E-state index is 13.8. The van der Waals surface area contributed by atoms with Crippen LogP contribution in [0.5, 0.6) is 0 Å². The fourth-order valence-corrected chi connectivity index (χ4v) is 7.76. The quantitative estimate of drug-likeness (QED) is 0.501. The highest BCUT2D eigenvalue weighted by Crippen LogP contribution is 2.54. The van der Waals surface area contributed by atoms with E-state index in [-0.39, 0.29) is 17.1 Å². The Morgan fingerprint density at radius 3 is 2.66 bits per heavy atom. The molecule has 1 aromatic heterocycles. The molecule has 0 fully saturated rings.